The zero-order chi connectivity index (χ0) is 14.3. The van der Waals surface area contributed by atoms with Gasteiger partial charge in [-0.15, -0.1) is 0 Å². The van der Waals surface area contributed by atoms with Crippen LogP contribution in [0.3, 0.4) is 0 Å². The number of ether oxygens (including phenoxy) is 2. The van der Waals surface area contributed by atoms with E-state index in [1.54, 1.807) is 0 Å². The van der Waals surface area contributed by atoms with Crippen LogP contribution >= 0.6 is 0 Å². The van der Waals surface area contributed by atoms with E-state index in [4.69, 9.17) is 9.47 Å². The maximum Gasteiger partial charge on any atom is 0.119 e. The van der Waals surface area contributed by atoms with Crippen LogP contribution < -0.4 is 10.1 Å². The van der Waals surface area contributed by atoms with E-state index < -0.39 is 0 Å². The first-order valence-corrected chi connectivity index (χ1v) is 7.51. The lowest BCUT2D eigenvalue weighted by molar-refractivity contribution is 0.194. The van der Waals surface area contributed by atoms with Gasteiger partial charge in [-0.3, -0.25) is 0 Å². The first-order valence-electron chi connectivity index (χ1n) is 7.51. The molecule has 2 aromatic rings. The van der Waals surface area contributed by atoms with E-state index in [9.17, 15) is 0 Å². The molecular weight excluding hydrogens is 262 g/mol. The molecule has 110 valence electrons. The van der Waals surface area contributed by atoms with Gasteiger partial charge in [-0.1, -0.05) is 30.3 Å². The van der Waals surface area contributed by atoms with Crippen LogP contribution in [0.4, 0.5) is 5.69 Å². The van der Waals surface area contributed by atoms with Gasteiger partial charge in [-0.2, -0.15) is 0 Å². The second-order valence-corrected chi connectivity index (χ2v) is 5.27. The lowest BCUT2D eigenvalue weighted by Crippen LogP contribution is -2.11. The summed E-state index contributed by atoms with van der Waals surface area (Å²) in [6.07, 6.45) is 1.13. The van der Waals surface area contributed by atoms with E-state index in [0.29, 0.717) is 12.5 Å². The molecule has 0 radical (unpaired) electrons. The van der Waals surface area contributed by atoms with Gasteiger partial charge in [-0.25, -0.2) is 0 Å². The quantitative estimate of drug-likeness (QED) is 0.820. The summed E-state index contributed by atoms with van der Waals surface area (Å²) in [5, 5.41) is 3.41. The summed E-state index contributed by atoms with van der Waals surface area (Å²) in [6, 6.07) is 18.5. The summed E-state index contributed by atoms with van der Waals surface area (Å²) >= 11 is 0. The molecule has 1 saturated heterocycles. The van der Waals surface area contributed by atoms with Crippen molar-refractivity contribution in [2.45, 2.75) is 12.3 Å². The van der Waals surface area contributed by atoms with Crippen molar-refractivity contribution in [1.82, 2.24) is 0 Å². The van der Waals surface area contributed by atoms with Crippen molar-refractivity contribution < 1.29 is 9.47 Å². The lowest BCUT2D eigenvalue weighted by atomic mass is 9.98. The van der Waals surface area contributed by atoms with Gasteiger partial charge in [0.15, 0.2) is 0 Å². The topological polar surface area (TPSA) is 30.5 Å². The molecule has 0 amide bonds. The van der Waals surface area contributed by atoms with E-state index in [1.165, 1.54) is 5.56 Å². The minimum absolute atomic E-state index is 0.548. The Morgan fingerprint density at radius 1 is 1.10 bits per heavy atom. The Morgan fingerprint density at radius 2 is 2.00 bits per heavy atom. The highest BCUT2D eigenvalue weighted by atomic mass is 16.5. The fourth-order valence-electron chi connectivity index (χ4n) is 2.58. The van der Waals surface area contributed by atoms with Crippen LogP contribution in [-0.2, 0) is 4.74 Å². The third-order valence-corrected chi connectivity index (χ3v) is 3.73. The normalized spacial score (nSPS) is 17.6. The summed E-state index contributed by atoms with van der Waals surface area (Å²) in [4.78, 5) is 0. The summed E-state index contributed by atoms with van der Waals surface area (Å²) in [5.74, 6) is 1.46. The fourth-order valence-corrected chi connectivity index (χ4v) is 2.58. The Bertz CT molecular complexity index is 550. The molecule has 3 nitrogen and oxygen atoms in total. The number of nitrogens with one attached hydrogen (secondary N) is 1. The van der Waals surface area contributed by atoms with Crippen molar-refractivity contribution in [1.29, 1.82) is 0 Å². The van der Waals surface area contributed by atoms with Gasteiger partial charge in [0.05, 0.1) is 6.61 Å². The van der Waals surface area contributed by atoms with Crippen molar-refractivity contribution in [3.63, 3.8) is 0 Å². The van der Waals surface area contributed by atoms with Crippen LogP contribution in [-0.4, -0.2) is 26.4 Å². The molecule has 1 atom stereocenters. The number of para-hydroxylation sites is 1. The first-order chi connectivity index (χ1) is 10.4. The maximum atomic E-state index is 5.68. The van der Waals surface area contributed by atoms with Gasteiger partial charge < -0.3 is 14.8 Å². The molecule has 1 aliphatic rings. The van der Waals surface area contributed by atoms with Gasteiger partial charge in [-0.05, 0) is 36.2 Å². The summed E-state index contributed by atoms with van der Waals surface area (Å²) in [7, 11) is 0. The highest BCUT2D eigenvalue weighted by molar-refractivity contribution is 5.46. The summed E-state index contributed by atoms with van der Waals surface area (Å²) in [6.45, 7) is 3.17. The Morgan fingerprint density at radius 3 is 2.81 bits per heavy atom. The molecule has 1 unspecified atom stereocenters. The summed E-state index contributed by atoms with van der Waals surface area (Å²) in [5.41, 5.74) is 2.51. The van der Waals surface area contributed by atoms with E-state index >= 15 is 0 Å². The largest absolute Gasteiger partial charge is 0.492 e. The van der Waals surface area contributed by atoms with Crippen LogP contribution in [0.2, 0.25) is 0 Å². The van der Waals surface area contributed by atoms with Gasteiger partial charge in [0, 0.05) is 24.8 Å². The molecular formula is C18H21NO2. The van der Waals surface area contributed by atoms with Crippen molar-refractivity contribution in [3.05, 3.63) is 60.2 Å². The zero-order valence-corrected chi connectivity index (χ0v) is 12.1. The predicted molar refractivity (Wildman–Crippen MR) is 85.0 cm³/mol. The number of benzene rings is 2. The molecule has 1 N–H and O–H groups in total. The maximum absolute atomic E-state index is 5.68. The molecule has 21 heavy (non-hydrogen) atoms. The van der Waals surface area contributed by atoms with Crippen molar-refractivity contribution >= 4 is 5.69 Å². The number of hydrogen-bond acceptors (Lipinski definition) is 3. The van der Waals surface area contributed by atoms with E-state index in [-0.39, 0.29) is 0 Å². The Balaban J connectivity index is 1.48. The smallest absolute Gasteiger partial charge is 0.119 e. The molecule has 0 saturated carbocycles. The van der Waals surface area contributed by atoms with E-state index in [0.717, 1.165) is 37.6 Å². The third kappa shape index (κ3) is 3.99. The monoisotopic (exact) mass is 283 g/mol. The van der Waals surface area contributed by atoms with Crippen LogP contribution in [0, 0.1) is 0 Å². The van der Waals surface area contributed by atoms with Crippen LogP contribution in [0.1, 0.15) is 17.9 Å². The summed E-state index contributed by atoms with van der Waals surface area (Å²) < 4.78 is 11.1. The van der Waals surface area contributed by atoms with Crippen LogP contribution in [0.25, 0.3) is 0 Å². The molecule has 1 fully saturated rings. The van der Waals surface area contributed by atoms with Gasteiger partial charge in [0.25, 0.3) is 0 Å². The zero-order valence-electron chi connectivity index (χ0n) is 12.1. The number of hydrogen-bond donors (Lipinski definition) is 1. The van der Waals surface area contributed by atoms with Crippen LogP contribution in [0.15, 0.2) is 54.6 Å². The number of rotatable bonds is 6. The van der Waals surface area contributed by atoms with E-state index in [1.807, 2.05) is 30.3 Å². The molecule has 3 rings (SSSR count). The van der Waals surface area contributed by atoms with Crippen LogP contribution in [0.5, 0.6) is 5.75 Å². The molecule has 0 aromatic heterocycles. The highest BCUT2D eigenvalue weighted by Gasteiger charge is 2.17. The number of anilines is 1. The molecule has 3 heteroatoms. The molecule has 0 bridgehead atoms. The lowest BCUT2D eigenvalue weighted by Gasteiger charge is -2.12. The minimum Gasteiger partial charge on any atom is -0.492 e. The second kappa shape index (κ2) is 7.14. The average Bonchev–Trinajstić information content (AvgIpc) is 3.07. The Hall–Kier alpha value is -2.00. The van der Waals surface area contributed by atoms with Crippen molar-refractivity contribution in [3.8, 4) is 5.75 Å². The van der Waals surface area contributed by atoms with Gasteiger partial charge in [0.1, 0.15) is 12.4 Å². The van der Waals surface area contributed by atoms with Crippen molar-refractivity contribution in [2.24, 2.45) is 0 Å². The molecule has 1 heterocycles. The fraction of sp³-hybridized carbons (Fsp3) is 0.333. The van der Waals surface area contributed by atoms with Gasteiger partial charge >= 0.3 is 0 Å². The first kappa shape index (κ1) is 14.0. The second-order valence-electron chi connectivity index (χ2n) is 5.27. The third-order valence-electron chi connectivity index (χ3n) is 3.73. The Labute approximate surface area is 125 Å². The molecule has 1 aliphatic heterocycles. The SMILES string of the molecule is c1ccc(OCCNc2cccc(C3CCOC3)c2)cc1. The predicted octanol–water partition coefficient (Wildman–Crippen LogP) is 3.68. The van der Waals surface area contributed by atoms with E-state index in [2.05, 4.69) is 29.6 Å². The minimum atomic E-state index is 0.548. The Kier molecular flexibility index (Phi) is 4.74. The average molecular weight is 283 g/mol. The highest BCUT2D eigenvalue weighted by Crippen LogP contribution is 2.26. The van der Waals surface area contributed by atoms with Gasteiger partial charge in [0.2, 0.25) is 0 Å². The molecule has 2 aromatic carbocycles. The van der Waals surface area contributed by atoms with Crippen molar-refractivity contribution in [2.75, 3.05) is 31.7 Å². The standard InChI is InChI=1S/C18H21NO2/c1-2-7-18(8-3-1)21-12-10-19-17-6-4-5-15(13-17)16-9-11-20-14-16/h1-8,13,16,19H,9-12,14H2. The molecule has 0 aliphatic carbocycles. The molecule has 0 spiro atoms.